The predicted molar refractivity (Wildman–Crippen MR) is 125 cm³/mol. The summed E-state index contributed by atoms with van der Waals surface area (Å²) in [6, 6.07) is 18.0. The van der Waals surface area contributed by atoms with E-state index in [2.05, 4.69) is 4.98 Å². The Morgan fingerprint density at radius 1 is 0.912 bits per heavy atom. The molecule has 0 aliphatic carbocycles. The minimum Gasteiger partial charge on any atom is -0.276 e. The number of carbonyl (C=O) groups excluding carboxylic acids is 1. The largest absolute Gasteiger partial charge is 0.281 e. The van der Waals surface area contributed by atoms with E-state index < -0.39 is 19.9 Å². The number of halogens is 1. The molecule has 1 heterocycles. The number of hydrogen-bond donors (Lipinski definition) is 0. The highest BCUT2D eigenvalue weighted by atomic mass is 32.2. The quantitative estimate of drug-likeness (QED) is 0.255. The number of benzene rings is 3. The van der Waals surface area contributed by atoms with Crippen molar-refractivity contribution in [2.45, 2.75) is 14.7 Å². The molecule has 0 aliphatic heterocycles. The highest BCUT2D eigenvalue weighted by molar-refractivity contribution is 8.06. The molecule has 1 aromatic heterocycles. The molecule has 4 rings (SSSR count). The van der Waals surface area contributed by atoms with Gasteiger partial charge in [-0.3, -0.25) is 19.9 Å². The molecular weight excluding hydrogens is 479 g/mol. The van der Waals surface area contributed by atoms with Gasteiger partial charge in [0.2, 0.25) is 9.84 Å². The number of sulfone groups is 1. The molecule has 0 N–H and O–H groups in total. The second kappa shape index (κ2) is 9.54. The van der Waals surface area contributed by atoms with E-state index in [9.17, 15) is 27.7 Å². The van der Waals surface area contributed by atoms with Gasteiger partial charge in [0, 0.05) is 45.4 Å². The molecule has 0 saturated carbocycles. The lowest BCUT2D eigenvalue weighted by atomic mass is 10.1. The summed E-state index contributed by atoms with van der Waals surface area (Å²) >= 11 is 1.42. The van der Waals surface area contributed by atoms with E-state index in [0.29, 0.717) is 5.56 Å². The number of nitrogens with zero attached hydrogens (tertiary/aromatic N) is 2. The van der Waals surface area contributed by atoms with Crippen molar-refractivity contribution in [2.75, 3.05) is 0 Å². The molecule has 0 saturated heterocycles. The van der Waals surface area contributed by atoms with Crippen LogP contribution in [0.15, 0.2) is 106 Å². The maximum Gasteiger partial charge on any atom is 0.281 e. The number of non-ortho nitro benzene ring substituents is 1. The summed E-state index contributed by atoms with van der Waals surface area (Å²) in [7, 11) is -4.37. The average molecular weight is 495 g/mol. The molecule has 0 unspecified atom stereocenters. The number of nitro groups is 1. The third-order valence-corrected chi connectivity index (χ3v) is 7.56. The number of hydrogen-bond acceptors (Lipinski definition) is 7. The molecule has 0 radical (unpaired) electrons. The van der Waals surface area contributed by atoms with Crippen molar-refractivity contribution in [2.24, 2.45) is 0 Å². The van der Waals surface area contributed by atoms with Crippen LogP contribution in [0.5, 0.6) is 0 Å². The molecule has 10 heteroatoms. The minimum atomic E-state index is -4.37. The van der Waals surface area contributed by atoms with E-state index >= 15 is 0 Å². The van der Waals surface area contributed by atoms with Crippen LogP contribution in [0.3, 0.4) is 0 Å². The monoisotopic (exact) mass is 494 g/mol. The van der Waals surface area contributed by atoms with Gasteiger partial charge in [-0.05, 0) is 60.2 Å². The highest BCUT2D eigenvalue weighted by Crippen LogP contribution is 2.35. The SMILES string of the molecule is O=C(c1ccc(-c2cnccc2Sc2ccc(F)cc2)cc1)S(=O)(=O)c1ccc([N+](=O)[O-])cc1. The zero-order valence-corrected chi connectivity index (χ0v) is 18.9. The normalized spacial score (nSPS) is 11.2. The Bertz CT molecular complexity index is 1470. The van der Waals surface area contributed by atoms with Gasteiger partial charge in [0.15, 0.2) is 0 Å². The molecule has 0 atom stereocenters. The second-order valence-corrected chi connectivity index (χ2v) is 10.0. The van der Waals surface area contributed by atoms with Gasteiger partial charge in [-0.25, -0.2) is 12.8 Å². The number of carbonyl (C=O) groups is 1. The molecule has 0 aliphatic rings. The zero-order valence-electron chi connectivity index (χ0n) is 17.3. The first kappa shape index (κ1) is 23.3. The Balaban J connectivity index is 1.59. The standard InChI is InChI=1S/C24H15FN2O5S2/c25-18-5-9-20(10-6-18)33-23-13-14-26-15-22(23)16-1-3-17(4-2-16)24(28)34(31,32)21-11-7-19(8-12-21)27(29)30/h1-15H. The van der Waals surface area contributed by atoms with Crippen LogP contribution in [-0.2, 0) is 9.84 Å². The van der Waals surface area contributed by atoms with E-state index in [1.807, 2.05) is 6.07 Å². The second-order valence-electron chi connectivity index (χ2n) is 7.05. The Kier molecular flexibility index (Phi) is 6.53. The maximum absolute atomic E-state index is 13.2. The molecule has 7 nitrogen and oxygen atoms in total. The van der Waals surface area contributed by atoms with E-state index in [0.717, 1.165) is 39.6 Å². The van der Waals surface area contributed by atoms with Crippen molar-refractivity contribution in [1.82, 2.24) is 4.98 Å². The number of nitro benzene ring substituents is 1. The van der Waals surface area contributed by atoms with Crippen molar-refractivity contribution < 1.29 is 22.5 Å². The lowest BCUT2D eigenvalue weighted by Crippen LogP contribution is -2.15. The summed E-state index contributed by atoms with van der Waals surface area (Å²) < 4.78 is 38.6. The molecule has 0 fully saturated rings. The molecular formula is C24H15FN2O5S2. The van der Waals surface area contributed by atoms with Crippen molar-refractivity contribution in [3.05, 3.63) is 113 Å². The predicted octanol–water partition coefficient (Wildman–Crippen LogP) is 5.56. The van der Waals surface area contributed by atoms with Gasteiger partial charge in [-0.15, -0.1) is 0 Å². The van der Waals surface area contributed by atoms with Crippen LogP contribution in [0.1, 0.15) is 10.4 Å². The van der Waals surface area contributed by atoms with Gasteiger partial charge in [0.05, 0.1) is 9.82 Å². The summed E-state index contributed by atoms with van der Waals surface area (Å²) in [5, 5.41) is 9.66. The molecule has 0 bridgehead atoms. The van der Waals surface area contributed by atoms with Crippen molar-refractivity contribution in [1.29, 1.82) is 0 Å². The van der Waals surface area contributed by atoms with Crippen LogP contribution in [0, 0.1) is 15.9 Å². The van der Waals surface area contributed by atoms with E-state index in [1.165, 1.54) is 36.0 Å². The van der Waals surface area contributed by atoms with Crippen LogP contribution in [-0.4, -0.2) is 23.4 Å². The van der Waals surface area contributed by atoms with Gasteiger partial charge >= 0.3 is 0 Å². The van der Waals surface area contributed by atoms with Crippen molar-refractivity contribution in [3.63, 3.8) is 0 Å². The van der Waals surface area contributed by atoms with Crippen LogP contribution in [0.4, 0.5) is 10.1 Å². The molecule has 34 heavy (non-hydrogen) atoms. The Labute approximate surface area is 198 Å². The summed E-state index contributed by atoms with van der Waals surface area (Å²) in [5.74, 6) is -0.330. The van der Waals surface area contributed by atoms with Crippen molar-refractivity contribution in [3.8, 4) is 11.1 Å². The number of rotatable bonds is 6. The highest BCUT2D eigenvalue weighted by Gasteiger charge is 2.27. The van der Waals surface area contributed by atoms with Crippen LogP contribution >= 0.6 is 11.8 Å². The summed E-state index contributed by atoms with van der Waals surface area (Å²) in [6.45, 7) is 0. The van der Waals surface area contributed by atoms with Crippen LogP contribution in [0.25, 0.3) is 11.1 Å². The topological polar surface area (TPSA) is 107 Å². The fourth-order valence-electron chi connectivity index (χ4n) is 3.11. The van der Waals surface area contributed by atoms with E-state index in [1.54, 1.807) is 36.7 Å². The zero-order chi connectivity index (χ0) is 24.3. The molecule has 3 aromatic carbocycles. The fraction of sp³-hybridized carbons (Fsp3) is 0. The summed E-state index contributed by atoms with van der Waals surface area (Å²) in [4.78, 5) is 28.3. The van der Waals surface area contributed by atoms with E-state index in [-0.39, 0.29) is 22.0 Å². The maximum atomic E-state index is 13.2. The van der Waals surface area contributed by atoms with Gasteiger partial charge in [0.25, 0.3) is 10.8 Å². The van der Waals surface area contributed by atoms with Gasteiger partial charge in [0.1, 0.15) is 5.82 Å². The first-order chi connectivity index (χ1) is 16.3. The third kappa shape index (κ3) is 4.87. The fourth-order valence-corrected chi connectivity index (χ4v) is 5.20. The minimum absolute atomic E-state index is 0.0428. The summed E-state index contributed by atoms with van der Waals surface area (Å²) in [6.07, 6.45) is 3.28. The lowest BCUT2D eigenvalue weighted by molar-refractivity contribution is -0.384. The number of pyridine rings is 1. The van der Waals surface area contributed by atoms with Crippen LogP contribution < -0.4 is 0 Å². The van der Waals surface area contributed by atoms with Gasteiger partial charge < -0.3 is 0 Å². The average Bonchev–Trinajstić information content (AvgIpc) is 2.85. The Morgan fingerprint density at radius 2 is 1.56 bits per heavy atom. The molecule has 0 spiro atoms. The van der Waals surface area contributed by atoms with Crippen LogP contribution in [0.2, 0.25) is 0 Å². The first-order valence-electron chi connectivity index (χ1n) is 9.77. The smallest absolute Gasteiger partial charge is 0.276 e. The third-order valence-electron chi connectivity index (χ3n) is 4.86. The van der Waals surface area contributed by atoms with Gasteiger partial charge in [-0.2, -0.15) is 0 Å². The van der Waals surface area contributed by atoms with Crippen molar-refractivity contribution >= 4 is 32.4 Å². The molecule has 170 valence electrons. The Hall–Kier alpha value is -3.89. The lowest BCUT2D eigenvalue weighted by Gasteiger charge is -2.10. The molecule has 0 amide bonds. The first-order valence-corrected chi connectivity index (χ1v) is 12.1. The Morgan fingerprint density at radius 3 is 2.18 bits per heavy atom. The van der Waals surface area contributed by atoms with E-state index in [4.69, 9.17) is 0 Å². The van der Waals surface area contributed by atoms with Gasteiger partial charge in [-0.1, -0.05) is 23.9 Å². The summed E-state index contributed by atoms with van der Waals surface area (Å²) in [5.41, 5.74) is 1.15. The number of aromatic nitrogens is 1. The molecule has 4 aromatic rings.